The van der Waals surface area contributed by atoms with Crippen LogP contribution in [0.4, 0.5) is 4.39 Å². The van der Waals surface area contributed by atoms with Gasteiger partial charge in [-0.15, -0.1) is 0 Å². The second-order valence-corrected chi connectivity index (χ2v) is 4.71. The highest BCUT2D eigenvalue weighted by atomic mass is 19.1. The molecule has 0 aromatic heterocycles. The van der Waals surface area contributed by atoms with Crippen LogP contribution in [0.2, 0.25) is 0 Å². The Morgan fingerprint density at radius 2 is 1.94 bits per heavy atom. The Bertz CT molecular complexity index is 381. The van der Waals surface area contributed by atoms with Gasteiger partial charge in [-0.05, 0) is 31.5 Å². The van der Waals surface area contributed by atoms with E-state index >= 15 is 0 Å². The van der Waals surface area contributed by atoms with Crippen molar-refractivity contribution < 1.29 is 13.9 Å². The zero-order chi connectivity index (χ0) is 13.1. The molecule has 2 N–H and O–H groups in total. The predicted molar refractivity (Wildman–Crippen MR) is 64.0 cm³/mol. The molecule has 0 bridgehead atoms. The first-order chi connectivity index (χ1) is 7.84. The van der Waals surface area contributed by atoms with Gasteiger partial charge < -0.3 is 10.5 Å². The molecule has 0 saturated heterocycles. The summed E-state index contributed by atoms with van der Waals surface area (Å²) in [6.07, 6.45) is 0.186. The van der Waals surface area contributed by atoms with Gasteiger partial charge in [0.05, 0.1) is 13.5 Å². The van der Waals surface area contributed by atoms with Crippen LogP contribution in [-0.2, 0) is 9.53 Å². The predicted octanol–water partition coefficient (Wildman–Crippen LogP) is 2.21. The maximum absolute atomic E-state index is 12.9. The van der Waals surface area contributed by atoms with Crippen molar-refractivity contribution in [2.24, 2.45) is 5.73 Å². The topological polar surface area (TPSA) is 52.3 Å². The number of nitrogens with two attached hydrogens (primary N) is 1. The Kier molecular flexibility index (Phi) is 4.23. The first kappa shape index (κ1) is 13.6. The fourth-order valence-corrected chi connectivity index (χ4v) is 1.76. The minimum Gasteiger partial charge on any atom is -0.469 e. The normalized spacial score (nSPS) is 13.2. The molecule has 0 aliphatic heterocycles. The molecule has 94 valence electrons. The van der Waals surface area contributed by atoms with Crippen molar-refractivity contribution in [3.05, 3.63) is 35.6 Å². The lowest BCUT2D eigenvalue weighted by Gasteiger charge is -2.30. The molecule has 0 spiro atoms. The summed E-state index contributed by atoms with van der Waals surface area (Å²) in [6, 6.07) is 6.03. The van der Waals surface area contributed by atoms with Crippen LogP contribution in [0, 0.1) is 5.82 Å². The summed E-state index contributed by atoms with van der Waals surface area (Å²) in [5, 5.41) is 0. The van der Waals surface area contributed by atoms with Crippen molar-refractivity contribution in [3.8, 4) is 0 Å². The Balaban J connectivity index is 2.98. The molecule has 0 fully saturated rings. The van der Waals surface area contributed by atoms with Gasteiger partial charge in [0, 0.05) is 11.5 Å². The molecule has 1 rings (SSSR count). The third kappa shape index (κ3) is 3.82. The van der Waals surface area contributed by atoms with Crippen molar-refractivity contribution in [2.45, 2.75) is 31.7 Å². The number of benzene rings is 1. The number of ether oxygens (including phenoxy) is 1. The summed E-state index contributed by atoms with van der Waals surface area (Å²) >= 11 is 0. The molecule has 0 heterocycles. The third-order valence-electron chi connectivity index (χ3n) is 2.77. The van der Waals surface area contributed by atoms with Gasteiger partial charge in [0.25, 0.3) is 0 Å². The first-order valence-corrected chi connectivity index (χ1v) is 5.45. The van der Waals surface area contributed by atoms with Crippen molar-refractivity contribution in [3.63, 3.8) is 0 Å². The molecule has 1 aromatic rings. The van der Waals surface area contributed by atoms with Crippen LogP contribution in [0.15, 0.2) is 24.3 Å². The van der Waals surface area contributed by atoms with E-state index in [2.05, 4.69) is 4.74 Å². The van der Waals surface area contributed by atoms with Gasteiger partial charge in [-0.1, -0.05) is 12.1 Å². The minimum atomic E-state index is -0.577. The zero-order valence-electron chi connectivity index (χ0n) is 10.4. The van der Waals surface area contributed by atoms with Crippen LogP contribution in [-0.4, -0.2) is 18.6 Å². The number of hydrogen-bond acceptors (Lipinski definition) is 3. The fourth-order valence-electron chi connectivity index (χ4n) is 1.76. The molecule has 0 aliphatic rings. The molecule has 1 aromatic carbocycles. The molecule has 4 heteroatoms. The van der Waals surface area contributed by atoms with Gasteiger partial charge in [-0.2, -0.15) is 0 Å². The monoisotopic (exact) mass is 239 g/mol. The Labute approximate surface area is 101 Å². The third-order valence-corrected chi connectivity index (χ3v) is 2.77. The molecule has 1 atom stereocenters. The molecule has 0 amide bonds. The highest BCUT2D eigenvalue weighted by Gasteiger charge is 2.29. The van der Waals surface area contributed by atoms with Gasteiger partial charge in [0.1, 0.15) is 5.82 Å². The van der Waals surface area contributed by atoms with Gasteiger partial charge >= 0.3 is 5.97 Å². The summed E-state index contributed by atoms with van der Waals surface area (Å²) in [6.45, 7) is 3.67. The summed E-state index contributed by atoms with van der Waals surface area (Å²) in [5.74, 6) is -0.825. The molecular formula is C13H18FNO2. The molecule has 1 unspecified atom stereocenters. The fraction of sp³-hybridized carbons (Fsp3) is 0.462. The minimum absolute atomic E-state index is 0.186. The molecular weight excluding hydrogens is 221 g/mol. The van der Waals surface area contributed by atoms with E-state index in [1.807, 2.05) is 13.8 Å². The number of hydrogen-bond donors (Lipinski definition) is 1. The molecule has 0 aliphatic carbocycles. The Morgan fingerprint density at radius 3 is 2.35 bits per heavy atom. The van der Waals surface area contributed by atoms with Gasteiger partial charge in [-0.3, -0.25) is 4.79 Å². The standard InChI is InChI=1S/C13H18FNO2/c1-13(2,15)11(8-12(16)17-3)9-4-6-10(14)7-5-9/h4-7,11H,8,15H2,1-3H3. The lowest BCUT2D eigenvalue weighted by atomic mass is 9.80. The first-order valence-electron chi connectivity index (χ1n) is 5.45. The van der Waals surface area contributed by atoms with E-state index in [4.69, 9.17) is 5.73 Å². The van der Waals surface area contributed by atoms with E-state index in [1.54, 1.807) is 12.1 Å². The van der Waals surface area contributed by atoms with Gasteiger partial charge in [0.15, 0.2) is 0 Å². The van der Waals surface area contributed by atoms with Crippen LogP contribution in [0.5, 0.6) is 0 Å². The van der Waals surface area contributed by atoms with Crippen LogP contribution in [0.1, 0.15) is 31.7 Å². The second-order valence-electron chi connectivity index (χ2n) is 4.71. The van der Waals surface area contributed by atoms with Crippen LogP contribution >= 0.6 is 0 Å². The smallest absolute Gasteiger partial charge is 0.306 e. The van der Waals surface area contributed by atoms with Crippen LogP contribution in [0.3, 0.4) is 0 Å². The van der Waals surface area contributed by atoms with E-state index in [9.17, 15) is 9.18 Å². The largest absolute Gasteiger partial charge is 0.469 e. The lowest BCUT2D eigenvalue weighted by Crippen LogP contribution is -2.40. The number of rotatable bonds is 4. The van der Waals surface area contributed by atoms with Crippen molar-refractivity contribution in [2.75, 3.05) is 7.11 Å². The quantitative estimate of drug-likeness (QED) is 0.819. The summed E-state index contributed by atoms with van der Waals surface area (Å²) in [5.41, 5.74) is 6.31. The number of halogens is 1. The summed E-state index contributed by atoms with van der Waals surface area (Å²) in [7, 11) is 1.34. The summed E-state index contributed by atoms with van der Waals surface area (Å²) in [4.78, 5) is 11.4. The average Bonchev–Trinajstić information content (AvgIpc) is 2.25. The van der Waals surface area contributed by atoms with Crippen LogP contribution in [0.25, 0.3) is 0 Å². The van der Waals surface area contributed by atoms with Gasteiger partial charge in [-0.25, -0.2) is 4.39 Å². The number of carbonyl (C=O) groups excluding carboxylic acids is 1. The van der Waals surface area contributed by atoms with E-state index in [0.717, 1.165) is 5.56 Å². The van der Waals surface area contributed by atoms with Crippen molar-refractivity contribution in [1.82, 2.24) is 0 Å². The molecule has 0 radical (unpaired) electrons. The van der Waals surface area contributed by atoms with E-state index in [-0.39, 0.29) is 24.1 Å². The highest BCUT2D eigenvalue weighted by Crippen LogP contribution is 2.30. The lowest BCUT2D eigenvalue weighted by molar-refractivity contribution is -0.141. The number of esters is 1. The van der Waals surface area contributed by atoms with Gasteiger partial charge in [0.2, 0.25) is 0 Å². The molecule has 0 saturated carbocycles. The SMILES string of the molecule is COC(=O)CC(c1ccc(F)cc1)C(C)(C)N. The number of methoxy groups -OCH3 is 1. The highest BCUT2D eigenvalue weighted by molar-refractivity contribution is 5.70. The van der Waals surface area contributed by atoms with Crippen molar-refractivity contribution in [1.29, 1.82) is 0 Å². The maximum atomic E-state index is 12.9. The van der Waals surface area contributed by atoms with Crippen molar-refractivity contribution >= 4 is 5.97 Å². The second kappa shape index (κ2) is 5.27. The Morgan fingerprint density at radius 1 is 1.41 bits per heavy atom. The van der Waals surface area contributed by atoms with Crippen LogP contribution < -0.4 is 5.73 Å². The van der Waals surface area contributed by atoms with E-state index in [0.29, 0.717) is 0 Å². The van der Waals surface area contributed by atoms with E-state index < -0.39 is 5.54 Å². The van der Waals surface area contributed by atoms with E-state index in [1.165, 1.54) is 19.2 Å². The summed E-state index contributed by atoms with van der Waals surface area (Å²) < 4.78 is 17.5. The maximum Gasteiger partial charge on any atom is 0.306 e. The number of carbonyl (C=O) groups is 1. The molecule has 17 heavy (non-hydrogen) atoms. The average molecular weight is 239 g/mol. The Hall–Kier alpha value is -1.42. The zero-order valence-corrected chi connectivity index (χ0v) is 10.4. The molecule has 3 nitrogen and oxygen atoms in total.